The molecule has 1 atom stereocenters. The van der Waals surface area contributed by atoms with Crippen molar-refractivity contribution in [3.63, 3.8) is 0 Å². The minimum absolute atomic E-state index is 0.00592. The molecule has 10 heteroatoms. The maximum absolute atomic E-state index is 13.8. The average Bonchev–Trinajstić information content (AvgIpc) is 2.89. The van der Waals surface area contributed by atoms with Crippen LogP contribution in [0.1, 0.15) is 37.8 Å². The Kier molecular flexibility index (Phi) is 11.1. The summed E-state index contributed by atoms with van der Waals surface area (Å²) < 4.78 is 39.5. The summed E-state index contributed by atoms with van der Waals surface area (Å²) in [4.78, 5) is 28.7. The Labute approximate surface area is 241 Å². The van der Waals surface area contributed by atoms with E-state index in [1.165, 1.54) is 24.3 Å². The number of nitrogens with one attached hydrogen (secondary N) is 1. The van der Waals surface area contributed by atoms with E-state index < -0.39 is 21.9 Å². The normalized spacial score (nSPS) is 12.2. The van der Waals surface area contributed by atoms with E-state index in [-0.39, 0.29) is 43.8 Å². The van der Waals surface area contributed by atoms with Crippen LogP contribution in [0, 0.1) is 5.82 Å². The Hall–Kier alpha value is -3.43. The molecule has 3 aromatic carbocycles. The molecule has 0 aliphatic carbocycles. The zero-order valence-corrected chi connectivity index (χ0v) is 24.5. The second-order valence-electron chi connectivity index (χ2n) is 9.94. The molecule has 2 amide bonds. The molecule has 3 aromatic rings. The molecular weight excluding hydrogens is 553 g/mol. The van der Waals surface area contributed by atoms with E-state index >= 15 is 0 Å². The van der Waals surface area contributed by atoms with Crippen LogP contribution in [0.3, 0.4) is 0 Å². The number of hydrogen-bond acceptors (Lipinski definition) is 4. The lowest BCUT2D eigenvalue weighted by Crippen LogP contribution is -2.51. The van der Waals surface area contributed by atoms with Crippen LogP contribution in [-0.2, 0) is 32.6 Å². The fourth-order valence-electron chi connectivity index (χ4n) is 4.38. The zero-order chi connectivity index (χ0) is 29.3. The quantitative estimate of drug-likeness (QED) is 0.298. The van der Waals surface area contributed by atoms with Gasteiger partial charge in [0.25, 0.3) is 0 Å². The summed E-state index contributed by atoms with van der Waals surface area (Å²) in [5.74, 6) is -1.06. The third-order valence-electron chi connectivity index (χ3n) is 6.21. The smallest absolute Gasteiger partial charge is 0.243 e. The van der Waals surface area contributed by atoms with E-state index in [0.29, 0.717) is 17.1 Å². The van der Waals surface area contributed by atoms with Gasteiger partial charge in [-0.15, -0.1) is 0 Å². The number of benzene rings is 3. The van der Waals surface area contributed by atoms with Gasteiger partial charge < -0.3 is 10.2 Å². The van der Waals surface area contributed by atoms with Gasteiger partial charge in [-0.2, -0.15) is 0 Å². The number of sulfonamides is 1. The maximum Gasteiger partial charge on any atom is 0.243 e. The summed E-state index contributed by atoms with van der Waals surface area (Å²) in [6.45, 7) is 3.88. The number of halogens is 2. The summed E-state index contributed by atoms with van der Waals surface area (Å²) >= 11 is 6.21. The van der Waals surface area contributed by atoms with Crippen LogP contribution in [-0.4, -0.2) is 50.0 Å². The Bertz CT molecular complexity index is 1390. The molecule has 0 bridgehead atoms. The molecular formula is C30H35ClFN3O4S. The summed E-state index contributed by atoms with van der Waals surface area (Å²) in [5, 5.41) is 3.45. The third-order valence-corrected chi connectivity index (χ3v) is 7.64. The molecule has 7 nitrogen and oxygen atoms in total. The molecule has 0 saturated carbocycles. The van der Waals surface area contributed by atoms with Crippen molar-refractivity contribution >= 4 is 39.1 Å². The van der Waals surface area contributed by atoms with Gasteiger partial charge in [0.1, 0.15) is 11.9 Å². The first-order chi connectivity index (χ1) is 18.9. The maximum atomic E-state index is 13.8. The van der Waals surface area contributed by atoms with Gasteiger partial charge in [0.05, 0.1) is 11.9 Å². The minimum atomic E-state index is -3.68. The number of hydrogen-bond donors (Lipinski definition) is 1. The SMILES string of the molecule is CC(C)NC(=O)C(Cc1ccccc1)N(Cc1cccc(Cl)c1)C(=O)CCCN(c1ccc(F)cc1)S(C)(=O)=O. The van der Waals surface area contributed by atoms with Gasteiger partial charge in [0.2, 0.25) is 21.8 Å². The van der Waals surface area contributed by atoms with Crippen molar-refractivity contribution in [2.75, 3.05) is 17.1 Å². The highest BCUT2D eigenvalue weighted by molar-refractivity contribution is 7.92. The lowest BCUT2D eigenvalue weighted by atomic mass is 10.0. The molecule has 0 radical (unpaired) electrons. The van der Waals surface area contributed by atoms with Gasteiger partial charge >= 0.3 is 0 Å². The number of rotatable bonds is 13. The fraction of sp³-hybridized carbons (Fsp3) is 0.333. The number of carbonyl (C=O) groups is 2. The molecule has 3 rings (SSSR count). The summed E-state index contributed by atoms with van der Waals surface area (Å²) in [6.07, 6.45) is 1.56. The van der Waals surface area contributed by atoms with Crippen molar-refractivity contribution in [3.05, 3.63) is 101 Å². The molecule has 0 heterocycles. The van der Waals surface area contributed by atoms with Gasteiger partial charge in [-0.05, 0) is 67.8 Å². The Morgan fingerprint density at radius 2 is 1.60 bits per heavy atom. The summed E-state index contributed by atoms with van der Waals surface area (Å²) in [7, 11) is -3.68. The fourth-order valence-corrected chi connectivity index (χ4v) is 5.56. The number of anilines is 1. The van der Waals surface area contributed by atoms with Crippen molar-refractivity contribution in [2.24, 2.45) is 0 Å². The molecule has 0 saturated heterocycles. The van der Waals surface area contributed by atoms with Crippen molar-refractivity contribution in [1.29, 1.82) is 0 Å². The third kappa shape index (κ3) is 9.34. The highest BCUT2D eigenvalue weighted by Gasteiger charge is 2.31. The standard InChI is InChI=1S/C30H35ClFN3O4S/c1-22(2)33-30(37)28(20-23-9-5-4-6-10-23)34(21-24-11-7-12-25(31)19-24)29(36)13-8-18-35(40(3,38)39)27-16-14-26(32)15-17-27/h4-7,9-12,14-17,19,22,28H,8,13,18,20-21H2,1-3H3,(H,33,37). The zero-order valence-electron chi connectivity index (χ0n) is 22.9. The van der Waals surface area contributed by atoms with Crippen LogP contribution in [0.5, 0.6) is 0 Å². The Morgan fingerprint density at radius 3 is 2.20 bits per heavy atom. The number of nitrogens with zero attached hydrogens (tertiary/aromatic N) is 2. The largest absolute Gasteiger partial charge is 0.352 e. The first-order valence-electron chi connectivity index (χ1n) is 13.1. The van der Waals surface area contributed by atoms with E-state index in [2.05, 4.69) is 5.32 Å². The second kappa shape index (κ2) is 14.3. The minimum Gasteiger partial charge on any atom is -0.352 e. The molecule has 0 aromatic heterocycles. The first-order valence-corrected chi connectivity index (χ1v) is 15.3. The van der Waals surface area contributed by atoms with Crippen LogP contribution in [0.4, 0.5) is 10.1 Å². The predicted octanol–water partition coefficient (Wildman–Crippen LogP) is 5.19. The van der Waals surface area contributed by atoms with Crippen molar-refractivity contribution in [2.45, 2.75) is 51.7 Å². The van der Waals surface area contributed by atoms with E-state index in [9.17, 15) is 22.4 Å². The van der Waals surface area contributed by atoms with Crippen LogP contribution < -0.4 is 9.62 Å². The van der Waals surface area contributed by atoms with E-state index in [0.717, 1.165) is 21.7 Å². The van der Waals surface area contributed by atoms with Crippen LogP contribution >= 0.6 is 11.6 Å². The molecule has 0 aliphatic heterocycles. The van der Waals surface area contributed by atoms with Crippen LogP contribution in [0.25, 0.3) is 0 Å². The first kappa shape index (κ1) is 31.1. The van der Waals surface area contributed by atoms with Crippen molar-refractivity contribution in [1.82, 2.24) is 10.2 Å². The number of amides is 2. The lowest BCUT2D eigenvalue weighted by molar-refractivity contribution is -0.141. The number of carbonyl (C=O) groups excluding carboxylic acids is 2. The lowest BCUT2D eigenvalue weighted by Gasteiger charge is -2.32. The van der Waals surface area contributed by atoms with Gasteiger partial charge in [-0.3, -0.25) is 13.9 Å². The van der Waals surface area contributed by atoms with Gasteiger partial charge in [0.15, 0.2) is 0 Å². The monoisotopic (exact) mass is 587 g/mol. The summed E-state index contributed by atoms with van der Waals surface area (Å²) in [6, 6.07) is 20.8. The summed E-state index contributed by atoms with van der Waals surface area (Å²) in [5.41, 5.74) is 1.97. The van der Waals surface area contributed by atoms with E-state index in [1.807, 2.05) is 50.2 Å². The van der Waals surface area contributed by atoms with Gasteiger partial charge in [-0.1, -0.05) is 54.1 Å². The van der Waals surface area contributed by atoms with E-state index in [4.69, 9.17) is 11.6 Å². The van der Waals surface area contributed by atoms with Gasteiger partial charge in [0, 0.05) is 37.0 Å². The van der Waals surface area contributed by atoms with E-state index in [1.54, 1.807) is 23.1 Å². The van der Waals surface area contributed by atoms with Crippen LogP contribution in [0.15, 0.2) is 78.9 Å². The second-order valence-corrected chi connectivity index (χ2v) is 12.3. The molecule has 0 fully saturated rings. The molecule has 1 N–H and O–H groups in total. The molecule has 214 valence electrons. The topological polar surface area (TPSA) is 86.8 Å². The highest BCUT2D eigenvalue weighted by Crippen LogP contribution is 2.21. The van der Waals surface area contributed by atoms with Crippen LogP contribution in [0.2, 0.25) is 5.02 Å². The highest BCUT2D eigenvalue weighted by atomic mass is 35.5. The molecule has 40 heavy (non-hydrogen) atoms. The molecule has 1 unspecified atom stereocenters. The van der Waals surface area contributed by atoms with Gasteiger partial charge in [-0.25, -0.2) is 12.8 Å². The van der Waals surface area contributed by atoms with Crippen molar-refractivity contribution in [3.8, 4) is 0 Å². The molecule has 0 aliphatic rings. The Balaban J connectivity index is 1.87. The van der Waals surface area contributed by atoms with Crippen molar-refractivity contribution < 1.29 is 22.4 Å². The average molecular weight is 588 g/mol. The Morgan fingerprint density at radius 1 is 0.950 bits per heavy atom. The predicted molar refractivity (Wildman–Crippen MR) is 157 cm³/mol. The molecule has 0 spiro atoms.